The van der Waals surface area contributed by atoms with Crippen LogP contribution in [-0.2, 0) is 16.6 Å². The molecular formula is C17H21F3N6O2S. The maximum atomic E-state index is 12.7. The zero-order chi connectivity index (χ0) is 20.8. The van der Waals surface area contributed by atoms with Gasteiger partial charge in [-0.15, -0.1) is 0 Å². The number of aromatic nitrogens is 4. The quantitative estimate of drug-likeness (QED) is 0.647. The molecule has 1 aliphatic rings. The van der Waals surface area contributed by atoms with Crippen LogP contribution in [0.15, 0.2) is 18.5 Å². The van der Waals surface area contributed by atoms with E-state index >= 15 is 0 Å². The third kappa shape index (κ3) is 4.38. The van der Waals surface area contributed by atoms with Gasteiger partial charge in [0, 0.05) is 30.7 Å². The first-order valence-corrected chi connectivity index (χ1v) is 11.1. The minimum atomic E-state index is -4.22. The van der Waals surface area contributed by atoms with Gasteiger partial charge in [0.1, 0.15) is 17.0 Å². The molecule has 29 heavy (non-hydrogen) atoms. The van der Waals surface area contributed by atoms with Crippen molar-refractivity contribution in [2.24, 2.45) is 0 Å². The van der Waals surface area contributed by atoms with Gasteiger partial charge in [-0.2, -0.15) is 13.2 Å². The summed E-state index contributed by atoms with van der Waals surface area (Å²) in [6.45, 7) is -0.296. The molecule has 0 saturated carbocycles. The highest BCUT2D eigenvalue weighted by atomic mass is 32.2. The number of rotatable bonds is 5. The lowest BCUT2D eigenvalue weighted by Crippen LogP contribution is -2.40. The number of piperidine rings is 1. The van der Waals surface area contributed by atoms with Crippen molar-refractivity contribution in [1.82, 2.24) is 29.1 Å². The number of nitrogens with one attached hydrogen (secondary N) is 2. The molecule has 1 fully saturated rings. The van der Waals surface area contributed by atoms with E-state index in [0.29, 0.717) is 42.9 Å². The van der Waals surface area contributed by atoms with Gasteiger partial charge in [0.2, 0.25) is 10.0 Å². The van der Waals surface area contributed by atoms with Crippen LogP contribution in [0.5, 0.6) is 0 Å². The van der Waals surface area contributed by atoms with Crippen LogP contribution in [0.1, 0.15) is 24.7 Å². The first kappa shape index (κ1) is 20.1. The number of imidazole rings is 1. The lowest BCUT2D eigenvalue weighted by Gasteiger charge is -2.34. The van der Waals surface area contributed by atoms with Crippen molar-refractivity contribution >= 4 is 32.1 Å². The van der Waals surface area contributed by atoms with Crippen molar-refractivity contribution in [3.8, 4) is 0 Å². The van der Waals surface area contributed by atoms with E-state index in [4.69, 9.17) is 0 Å². The molecule has 4 heterocycles. The van der Waals surface area contributed by atoms with E-state index in [2.05, 4.69) is 19.7 Å². The Hall–Kier alpha value is -2.18. The fraction of sp³-hybridized carbons (Fsp3) is 0.529. The Kier molecular flexibility index (Phi) is 5.03. The maximum Gasteiger partial charge on any atom is 0.401 e. The summed E-state index contributed by atoms with van der Waals surface area (Å²) in [5, 5.41) is 0.846. The van der Waals surface area contributed by atoms with E-state index in [1.54, 1.807) is 12.4 Å². The van der Waals surface area contributed by atoms with Gasteiger partial charge in [-0.3, -0.25) is 4.90 Å². The van der Waals surface area contributed by atoms with Crippen LogP contribution in [0.3, 0.4) is 0 Å². The van der Waals surface area contributed by atoms with E-state index in [1.807, 2.05) is 10.6 Å². The van der Waals surface area contributed by atoms with Gasteiger partial charge in [0.25, 0.3) is 0 Å². The maximum absolute atomic E-state index is 12.7. The van der Waals surface area contributed by atoms with E-state index in [0.717, 1.165) is 17.2 Å². The molecule has 158 valence electrons. The number of aromatic amines is 1. The van der Waals surface area contributed by atoms with Gasteiger partial charge >= 0.3 is 6.18 Å². The topological polar surface area (TPSA) is 95.9 Å². The standard InChI is InChI=1S/C17H21F3N6O2S/c1-29(27,28)23-9-14-24-13-8-22-16-12(2-5-21-16)15(13)26(14)11-3-6-25(7-4-11)10-17(18,19)20/h2,5,8,11,23H,3-4,6-7,9-10H2,1H3,(H,21,22). The molecular weight excluding hydrogens is 409 g/mol. The van der Waals surface area contributed by atoms with Crippen molar-refractivity contribution in [2.75, 3.05) is 25.9 Å². The van der Waals surface area contributed by atoms with E-state index in [-0.39, 0.29) is 12.6 Å². The molecule has 0 aromatic carbocycles. The Morgan fingerprint density at radius 1 is 1.31 bits per heavy atom. The highest BCUT2D eigenvalue weighted by Gasteiger charge is 2.33. The molecule has 3 aromatic rings. The first-order chi connectivity index (χ1) is 13.6. The van der Waals surface area contributed by atoms with Gasteiger partial charge in [0.05, 0.1) is 31.1 Å². The van der Waals surface area contributed by atoms with Crippen molar-refractivity contribution in [1.29, 1.82) is 0 Å². The Morgan fingerprint density at radius 2 is 2.03 bits per heavy atom. The highest BCUT2D eigenvalue weighted by molar-refractivity contribution is 7.88. The van der Waals surface area contributed by atoms with Gasteiger partial charge < -0.3 is 9.55 Å². The third-order valence-electron chi connectivity index (χ3n) is 5.12. The molecule has 0 spiro atoms. The molecule has 0 aliphatic carbocycles. The number of H-pyrrole nitrogens is 1. The summed E-state index contributed by atoms with van der Waals surface area (Å²) in [4.78, 5) is 13.3. The Bertz CT molecular complexity index is 1130. The van der Waals surface area contributed by atoms with Crippen molar-refractivity contribution in [3.63, 3.8) is 0 Å². The zero-order valence-electron chi connectivity index (χ0n) is 15.7. The third-order valence-corrected chi connectivity index (χ3v) is 5.79. The van der Waals surface area contributed by atoms with Gasteiger partial charge in [-0.05, 0) is 18.9 Å². The number of likely N-dealkylation sites (tertiary alicyclic amines) is 1. The van der Waals surface area contributed by atoms with Crippen LogP contribution in [-0.4, -0.2) is 64.9 Å². The molecule has 4 rings (SSSR count). The van der Waals surface area contributed by atoms with Crippen LogP contribution in [0.2, 0.25) is 0 Å². The molecule has 0 radical (unpaired) electrons. The molecule has 12 heteroatoms. The fourth-order valence-electron chi connectivity index (χ4n) is 3.94. The normalized spacial score (nSPS) is 17.5. The molecule has 2 N–H and O–H groups in total. The van der Waals surface area contributed by atoms with E-state index < -0.39 is 22.7 Å². The fourth-order valence-corrected chi connectivity index (χ4v) is 4.33. The second kappa shape index (κ2) is 7.26. The van der Waals surface area contributed by atoms with Crippen LogP contribution in [0.4, 0.5) is 13.2 Å². The molecule has 0 atom stereocenters. The van der Waals surface area contributed by atoms with Gasteiger partial charge in [-0.25, -0.2) is 23.1 Å². The predicted octanol–water partition coefficient (Wildman–Crippen LogP) is 2.16. The number of sulfonamides is 1. The molecule has 1 saturated heterocycles. The number of hydrogen-bond acceptors (Lipinski definition) is 5. The summed E-state index contributed by atoms with van der Waals surface area (Å²) in [6, 6.07) is 1.79. The summed E-state index contributed by atoms with van der Waals surface area (Å²) in [6.07, 6.45) is 1.26. The number of pyridine rings is 1. The average molecular weight is 430 g/mol. The molecule has 0 bridgehead atoms. The summed E-state index contributed by atoms with van der Waals surface area (Å²) >= 11 is 0. The van der Waals surface area contributed by atoms with E-state index in [1.165, 1.54) is 4.90 Å². The minimum absolute atomic E-state index is 0.00218. The Balaban J connectivity index is 1.70. The summed E-state index contributed by atoms with van der Waals surface area (Å²) in [5.74, 6) is 0.523. The van der Waals surface area contributed by atoms with Crippen LogP contribution >= 0.6 is 0 Å². The second-order valence-corrected chi connectivity index (χ2v) is 9.18. The molecule has 0 amide bonds. The number of fused-ring (bicyclic) bond motifs is 3. The van der Waals surface area contributed by atoms with Crippen LogP contribution in [0, 0.1) is 0 Å². The highest BCUT2D eigenvalue weighted by Crippen LogP contribution is 2.33. The summed E-state index contributed by atoms with van der Waals surface area (Å²) in [5.41, 5.74) is 2.12. The molecule has 0 unspecified atom stereocenters. The largest absolute Gasteiger partial charge is 0.401 e. The Morgan fingerprint density at radius 3 is 2.69 bits per heavy atom. The second-order valence-electron chi connectivity index (χ2n) is 7.35. The molecule has 1 aliphatic heterocycles. The SMILES string of the molecule is CS(=O)(=O)NCc1nc2cnc3[nH]ccc3c2n1C1CCN(CC(F)(F)F)CC1. The van der Waals surface area contributed by atoms with Crippen molar-refractivity contribution in [3.05, 3.63) is 24.3 Å². The predicted molar refractivity (Wildman–Crippen MR) is 102 cm³/mol. The monoisotopic (exact) mass is 430 g/mol. The average Bonchev–Trinajstić information content (AvgIpc) is 3.22. The Labute approximate surface area is 165 Å². The molecule has 8 nitrogen and oxygen atoms in total. The number of alkyl halides is 3. The lowest BCUT2D eigenvalue weighted by atomic mass is 10.0. The summed E-state index contributed by atoms with van der Waals surface area (Å²) < 4.78 is 65.7. The smallest absolute Gasteiger partial charge is 0.346 e. The van der Waals surface area contributed by atoms with E-state index in [9.17, 15) is 21.6 Å². The number of halogens is 3. The lowest BCUT2D eigenvalue weighted by molar-refractivity contribution is -0.148. The number of nitrogens with zero attached hydrogens (tertiary/aromatic N) is 4. The summed E-state index contributed by atoms with van der Waals surface area (Å²) in [7, 11) is -3.43. The minimum Gasteiger partial charge on any atom is -0.346 e. The molecule has 3 aromatic heterocycles. The first-order valence-electron chi connectivity index (χ1n) is 9.17. The van der Waals surface area contributed by atoms with Gasteiger partial charge in [0.15, 0.2) is 0 Å². The zero-order valence-corrected chi connectivity index (χ0v) is 16.5. The van der Waals surface area contributed by atoms with Crippen LogP contribution in [0.25, 0.3) is 22.1 Å². The van der Waals surface area contributed by atoms with Crippen LogP contribution < -0.4 is 4.72 Å². The van der Waals surface area contributed by atoms with Gasteiger partial charge in [-0.1, -0.05) is 0 Å². The number of hydrogen-bond donors (Lipinski definition) is 2. The van der Waals surface area contributed by atoms with Crippen molar-refractivity contribution in [2.45, 2.75) is 31.6 Å². The van der Waals surface area contributed by atoms with Crippen molar-refractivity contribution < 1.29 is 21.6 Å².